The van der Waals surface area contributed by atoms with Gasteiger partial charge in [-0.25, -0.2) is 0 Å². The molecule has 1 amide bonds. The largest absolute Gasteiger partial charge is 0.337 e. The molecule has 1 aliphatic heterocycles. The molecule has 0 saturated carbocycles. The maximum atomic E-state index is 11.8. The predicted molar refractivity (Wildman–Crippen MR) is 74.9 cm³/mol. The van der Waals surface area contributed by atoms with E-state index in [1.807, 2.05) is 48.2 Å². The van der Waals surface area contributed by atoms with Crippen LogP contribution in [-0.4, -0.2) is 34.1 Å². The first-order valence-corrected chi connectivity index (χ1v) is 6.58. The molecular formula is C15H19N3O. The number of aryl methyl sites for hydroxylation is 1. The van der Waals surface area contributed by atoms with Gasteiger partial charge in [0.05, 0.1) is 6.20 Å². The van der Waals surface area contributed by atoms with E-state index in [4.69, 9.17) is 0 Å². The second-order valence-electron chi connectivity index (χ2n) is 4.58. The van der Waals surface area contributed by atoms with Crippen molar-refractivity contribution in [2.45, 2.75) is 19.8 Å². The number of hydrogen-bond donors (Lipinski definition) is 1. The number of likely N-dealkylation sites (tertiary alicyclic amines) is 1. The van der Waals surface area contributed by atoms with Crippen LogP contribution in [-0.2, 0) is 0 Å². The minimum Gasteiger partial charge on any atom is -0.337 e. The lowest BCUT2D eigenvalue weighted by atomic mass is 10.2. The fourth-order valence-corrected chi connectivity index (χ4v) is 2.03. The summed E-state index contributed by atoms with van der Waals surface area (Å²) in [6.07, 6.45) is 3.93. The monoisotopic (exact) mass is 257 g/mol. The maximum absolute atomic E-state index is 11.8. The van der Waals surface area contributed by atoms with Crippen LogP contribution in [0.4, 0.5) is 0 Å². The van der Waals surface area contributed by atoms with Gasteiger partial charge >= 0.3 is 0 Å². The average molecular weight is 257 g/mol. The van der Waals surface area contributed by atoms with E-state index >= 15 is 0 Å². The number of hydrogen-bond acceptors (Lipinski definition) is 2. The van der Waals surface area contributed by atoms with E-state index in [1.54, 1.807) is 6.20 Å². The third-order valence-electron chi connectivity index (χ3n) is 3.10. The van der Waals surface area contributed by atoms with Crippen LogP contribution < -0.4 is 0 Å². The summed E-state index contributed by atoms with van der Waals surface area (Å²) in [6.45, 7) is 3.67. The van der Waals surface area contributed by atoms with Gasteiger partial charge in [0.15, 0.2) is 0 Å². The van der Waals surface area contributed by atoms with E-state index in [-0.39, 0.29) is 5.91 Å². The Kier molecular flexibility index (Phi) is 4.72. The summed E-state index contributed by atoms with van der Waals surface area (Å²) in [5, 5.41) is 6.58. The Hall–Kier alpha value is -2.10. The number of carbonyl (C=O) groups excluding carboxylic acids is 1. The van der Waals surface area contributed by atoms with Crippen molar-refractivity contribution >= 4 is 5.91 Å². The number of aromatic amines is 1. The molecule has 0 aliphatic carbocycles. The average Bonchev–Trinajstić information content (AvgIpc) is 3.12. The zero-order chi connectivity index (χ0) is 13.5. The summed E-state index contributed by atoms with van der Waals surface area (Å²) in [7, 11) is 0. The standard InChI is InChI=1S/C9H13N3O.C6H6/c1-7-6-10-11-8(7)9(13)12-4-2-3-5-12;1-2-4-6-5-3-1/h6H,2-5H2,1H3,(H,10,11);1-6H. The number of nitrogens with zero attached hydrogens (tertiary/aromatic N) is 2. The first kappa shape index (κ1) is 13.3. The molecule has 4 heteroatoms. The fourth-order valence-electron chi connectivity index (χ4n) is 2.03. The Morgan fingerprint density at radius 3 is 2.05 bits per heavy atom. The number of carbonyl (C=O) groups is 1. The summed E-state index contributed by atoms with van der Waals surface area (Å²) in [6, 6.07) is 12.0. The van der Waals surface area contributed by atoms with Crippen molar-refractivity contribution in [3.63, 3.8) is 0 Å². The highest BCUT2D eigenvalue weighted by molar-refractivity contribution is 5.93. The molecule has 2 heterocycles. The molecule has 1 fully saturated rings. The quantitative estimate of drug-likeness (QED) is 0.853. The molecular weight excluding hydrogens is 238 g/mol. The fraction of sp³-hybridized carbons (Fsp3) is 0.333. The molecule has 4 nitrogen and oxygen atoms in total. The number of rotatable bonds is 1. The third kappa shape index (κ3) is 3.68. The minimum absolute atomic E-state index is 0.0903. The molecule has 0 bridgehead atoms. The molecule has 2 aromatic rings. The van der Waals surface area contributed by atoms with Gasteiger partial charge in [-0.05, 0) is 25.3 Å². The topological polar surface area (TPSA) is 49.0 Å². The van der Waals surface area contributed by atoms with E-state index in [0.29, 0.717) is 5.69 Å². The summed E-state index contributed by atoms with van der Waals surface area (Å²) >= 11 is 0. The van der Waals surface area contributed by atoms with Crippen LogP contribution in [0.25, 0.3) is 0 Å². The van der Waals surface area contributed by atoms with Gasteiger partial charge in [-0.2, -0.15) is 5.10 Å². The molecule has 0 atom stereocenters. The van der Waals surface area contributed by atoms with Crippen molar-refractivity contribution in [1.29, 1.82) is 0 Å². The van der Waals surface area contributed by atoms with Gasteiger partial charge < -0.3 is 4.90 Å². The summed E-state index contributed by atoms with van der Waals surface area (Å²) in [5.74, 6) is 0.0903. The number of benzene rings is 1. The van der Waals surface area contributed by atoms with Crippen molar-refractivity contribution in [1.82, 2.24) is 15.1 Å². The van der Waals surface area contributed by atoms with Crippen molar-refractivity contribution in [3.8, 4) is 0 Å². The molecule has 19 heavy (non-hydrogen) atoms. The zero-order valence-corrected chi connectivity index (χ0v) is 11.2. The molecule has 1 aliphatic rings. The van der Waals surface area contributed by atoms with Crippen LogP contribution in [0.1, 0.15) is 28.9 Å². The lowest BCUT2D eigenvalue weighted by molar-refractivity contribution is 0.0786. The highest BCUT2D eigenvalue weighted by Gasteiger charge is 2.21. The van der Waals surface area contributed by atoms with Crippen molar-refractivity contribution in [2.24, 2.45) is 0 Å². The van der Waals surface area contributed by atoms with Crippen LogP contribution in [0.3, 0.4) is 0 Å². The molecule has 3 rings (SSSR count). The van der Waals surface area contributed by atoms with Crippen LogP contribution in [0.15, 0.2) is 42.6 Å². The van der Waals surface area contributed by atoms with Gasteiger partial charge in [0, 0.05) is 13.1 Å². The highest BCUT2D eigenvalue weighted by atomic mass is 16.2. The number of H-pyrrole nitrogens is 1. The van der Waals surface area contributed by atoms with Gasteiger partial charge in [-0.15, -0.1) is 0 Å². The Morgan fingerprint density at radius 2 is 1.63 bits per heavy atom. The van der Waals surface area contributed by atoms with Crippen molar-refractivity contribution in [3.05, 3.63) is 53.9 Å². The van der Waals surface area contributed by atoms with Gasteiger partial charge in [-0.3, -0.25) is 9.89 Å². The van der Waals surface area contributed by atoms with E-state index in [0.717, 1.165) is 31.5 Å². The zero-order valence-electron chi connectivity index (χ0n) is 11.2. The van der Waals surface area contributed by atoms with Crippen LogP contribution in [0.5, 0.6) is 0 Å². The number of aromatic nitrogens is 2. The van der Waals surface area contributed by atoms with E-state index < -0.39 is 0 Å². The molecule has 0 unspecified atom stereocenters. The molecule has 1 N–H and O–H groups in total. The summed E-state index contributed by atoms with van der Waals surface area (Å²) < 4.78 is 0. The van der Waals surface area contributed by atoms with Crippen molar-refractivity contribution < 1.29 is 4.79 Å². The van der Waals surface area contributed by atoms with Crippen LogP contribution >= 0.6 is 0 Å². The molecule has 0 radical (unpaired) electrons. The number of amides is 1. The second-order valence-corrected chi connectivity index (χ2v) is 4.58. The molecule has 0 spiro atoms. The Labute approximate surface area is 113 Å². The van der Waals surface area contributed by atoms with E-state index in [2.05, 4.69) is 10.2 Å². The SMILES string of the molecule is Cc1cn[nH]c1C(=O)N1CCCC1.c1ccccc1. The smallest absolute Gasteiger partial charge is 0.272 e. The molecule has 1 aromatic heterocycles. The Morgan fingerprint density at radius 1 is 1.11 bits per heavy atom. The van der Waals surface area contributed by atoms with Crippen molar-refractivity contribution in [2.75, 3.05) is 13.1 Å². The number of nitrogens with one attached hydrogen (secondary N) is 1. The normalized spacial score (nSPS) is 13.8. The predicted octanol–water partition coefficient (Wildman–Crippen LogP) is 2.64. The van der Waals surface area contributed by atoms with Gasteiger partial charge in [-0.1, -0.05) is 36.4 Å². The minimum atomic E-state index is 0.0903. The first-order chi connectivity index (χ1) is 9.29. The van der Waals surface area contributed by atoms with E-state index in [9.17, 15) is 4.79 Å². The van der Waals surface area contributed by atoms with Crippen LogP contribution in [0.2, 0.25) is 0 Å². The van der Waals surface area contributed by atoms with Gasteiger partial charge in [0.1, 0.15) is 5.69 Å². The molecule has 100 valence electrons. The molecule has 1 saturated heterocycles. The molecule has 1 aromatic carbocycles. The Bertz CT molecular complexity index is 474. The first-order valence-electron chi connectivity index (χ1n) is 6.58. The lowest BCUT2D eigenvalue weighted by Gasteiger charge is -2.13. The maximum Gasteiger partial charge on any atom is 0.272 e. The lowest BCUT2D eigenvalue weighted by Crippen LogP contribution is -2.28. The van der Waals surface area contributed by atoms with E-state index in [1.165, 1.54) is 0 Å². The summed E-state index contributed by atoms with van der Waals surface area (Å²) in [4.78, 5) is 13.7. The van der Waals surface area contributed by atoms with Gasteiger partial charge in [0.25, 0.3) is 5.91 Å². The summed E-state index contributed by atoms with van der Waals surface area (Å²) in [5.41, 5.74) is 1.57. The Balaban J connectivity index is 0.000000186. The second kappa shape index (κ2) is 6.73. The third-order valence-corrected chi connectivity index (χ3v) is 3.10. The van der Waals surface area contributed by atoms with Crippen LogP contribution in [0, 0.1) is 6.92 Å². The van der Waals surface area contributed by atoms with Gasteiger partial charge in [0.2, 0.25) is 0 Å². The highest BCUT2D eigenvalue weighted by Crippen LogP contribution is 2.13.